The van der Waals surface area contributed by atoms with Crippen molar-refractivity contribution in [3.63, 3.8) is 0 Å². The van der Waals surface area contributed by atoms with E-state index in [0.29, 0.717) is 22.8 Å². The van der Waals surface area contributed by atoms with Gasteiger partial charge in [-0.3, -0.25) is 9.10 Å². The normalized spacial score (nSPS) is 11.3. The Morgan fingerprint density at radius 3 is 2.56 bits per heavy atom. The lowest BCUT2D eigenvalue weighted by Crippen LogP contribution is -2.27. The molecule has 0 unspecified atom stereocenters. The van der Waals surface area contributed by atoms with Gasteiger partial charge in [-0.1, -0.05) is 35.3 Å². The molecule has 5 nitrogen and oxygen atoms in total. The molecule has 1 N–H and O–H groups in total. The molecule has 146 valence electrons. The number of nitrogens with one attached hydrogen (secondary N) is 1. The van der Waals surface area contributed by atoms with E-state index in [2.05, 4.69) is 5.32 Å². The van der Waals surface area contributed by atoms with Gasteiger partial charge in [-0.05, 0) is 35.9 Å². The summed E-state index contributed by atoms with van der Waals surface area (Å²) in [5, 5.41) is 3.72. The zero-order valence-electron chi connectivity index (χ0n) is 14.9. The molecule has 0 spiro atoms. The van der Waals surface area contributed by atoms with E-state index in [4.69, 9.17) is 23.2 Å². The number of halogens is 2. The van der Waals surface area contributed by atoms with Crippen molar-refractivity contribution < 1.29 is 13.2 Å². The van der Waals surface area contributed by atoms with Crippen LogP contribution in [-0.4, -0.2) is 39.9 Å². The molecule has 2 aromatic carbocycles. The average molecular weight is 447 g/mol. The molecule has 0 atom stereocenters. The number of carbonyl (C=O) groups excluding carboxylic acids is 1. The van der Waals surface area contributed by atoms with Crippen molar-refractivity contribution in [1.82, 2.24) is 5.32 Å². The SMILES string of the molecule is CN(c1ccc(C(=O)NCCSCc2cccc(Cl)c2)c(Cl)c1)S(C)(=O)=O. The molecule has 0 aliphatic carbocycles. The number of benzene rings is 2. The van der Waals surface area contributed by atoms with Gasteiger partial charge in [0.1, 0.15) is 0 Å². The Bertz CT molecular complexity index is 921. The fraction of sp³-hybridized carbons (Fsp3) is 0.278. The van der Waals surface area contributed by atoms with Crippen LogP contribution in [0.3, 0.4) is 0 Å². The van der Waals surface area contributed by atoms with E-state index < -0.39 is 10.0 Å². The minimum absolute atomic E-state index is 0.201. The number of carbonyl (C=O) groups is 1. The van der Waals surface area contributed by atoms with E-state index >= 15 is 0 Å². The molecule has 2 aromatic rings. The molecule has 9 heteroatoms. The highest BCUT2D eigenvalue weighted by Gasteiger charge is 2.16. The average Bonchev–Trinajstić information content (AvgIpc) is 2.59. The predicted molar refractivity (Wildman–Crippen MR) is 115 cm³/mol. The van der Waals surface area contributed by atoms with Crippen LogP contribution >= 0.6 is 35.0 Å². The van der Waals surface area contributed by atoms with Gasteiger partial charge in [0, 0.05) is 30.1 Å². The molecule has 2 rings (SSSR count). The molecule has 0 aliphatic heterocycles. The number of thioether (sulfide) groups is 1. The first-order chi connectivity index (χ1) is 12.7. The highest BCUT2D eigenvalue weighted by Crippen LogP contribution is 2.24. The summed E-state index contributed by atoms with van der Waals surface area (Å²) in [6, 6.07) is 12.2. The number of sulfonamides is 1. The zero-order valence-corrected chi connectivity index (χ0v) is 18.1. The lowest BCUT2D eigenvalue weighted by atomic mass is 10.2. The van der Waals surface area contributed by atoms with Crippen molar-refractivity contribution in [2.24, 2.45) is 0 Å². The van der Waals surface area contributed by atoms with Gasteiger partial charge in [0.25, 0.3) is 5.91 Å². The van der Waals surface area contributed by atoms with Gasteiger partial charge in [-0.25, -0.2) is 8.42 Å². The van der Waals surface area contributed by atoms with Crippen molar-refractivity contribution in [3.8, 4) is 0 Å². The zero-order chi connectivity index (χ0) is 20.0. The third kappa shape index (κ3) is 6.60. The third-order valence-corrected chi connectivity index (χ3v) is 6.53. The largest absolute Gasteiger partial charge is 0.351 e. The minimum Gasteiger partial charge on any atom is -0.351 e. The van der Waals surface area contributed by atoms with Gasteiger partial charge >= 0.3 is 0 Å². The molecule has 0 bridgehead atoms. The van der Waals surface area contributed by atoms with Crippen LogP contribution < -0.4 is 9.62 Å². The molecule has 0 aliphatic rings. The lowest BCUT2D eigenvalue weighted by molar-refractivity contribution is 0.0956. The lowest BCUT2D eigenvalue weighted by Gasteiger charge is -2.17. The summed E-state index contributed by atoms with van der Waals surface area (Å²) in [6.07, 6.45) is 1.10. The van der Waals surface area contributed by atoms with E-state index in [1.54, 1.807) is 17.8 Å². The van der Waals surface area contributed by atoms with Crippen molar-refractivity contribution in [2.75, 3.05) is 29.9 Å². The van der Waals surface area contributed by atoms with Gasteiger partial charge in [-0.2, -0.15) is 11.8 Å². The predicted octanol–water partition coefficient (Wildman–Crippen LogP) is 4.05. The van der Waals surface area contributed by atoms with E-state index in [1.807, 2.05) is 24.3 Å². The highest BCUT2D eigenvalue weighted by molar-refractivity contribution is 7.98. The number of anilines is 1. The summed E-state index contributed by atoms with van der Waals surface area (Å²) in [5.41, 5.74) is 1.84. The molecular weight excluding hydrogens is 427 g/mol. The Balaban J connectivity index is 1.85. The Morgan fingerprint density at radius 2 is 1.93 bits per heavy atom. The first-order valence-corrected chi connectivity index (χ1v) is 11.8. The van der Waals surface area contributed by atoms with Gasteiger partial charge in [0.2, 0.25) is 10.0 Å². The molecule has 0 heterocycles. The maximum Gasteiger partial charge on any atom is 0.252 e. The first kappa shape index (κ1) is 21.9. The van der Waals surface area contributed by atoms with Gasteiger partial charge in [0.05, 0.1) is 22.5 Å². The standard InChI is InChI=1S/C18H20Cl2N2O3S2/c1-22(27(2,24)25)15-6-7-16(17(20)11-15)18(23)21-8-9-26-12-13-4-3-5-14(19)10-13/h3-7,10-11H,8-9,12H2,1-2H3,(H,21,23). The molecule has 0 fully saturated rings. The van der Waals surface area contributed by atoms with Crippen LogP contribution in [0.15, 0.2) is 42.5 Å². The maximum absolute atomic E-state index is 12.3. The number of nitrogens with zero attached hydrogens (tertiary/aromatic N) is 1. The third-order valence-electron chi connectivity index (χ3n) is 3.75. The van der Waals surface area contributed by atoms with Crippen molar-refractivity contribution in [2.45, 2.75) is 5.75 Å². The van der Waals surface area contributed by atoms with Crippen LogP contribution in [0, 0.1) is 0 Å². The van der Waals surface area contributed by atoms with E-state index in [-0.39, 0.29) is 10.9 Å². The van der Waals surface area contributed by atoms with Gasteiger partial charge < -0.3 is 5.32 Å². The summed E-state index contributed by atoms with van der Waals surface area (Å²) < 4.78 is 24.3. The van der Waals surface area contributed by atoms with Crippen molar-refractivity contribution >= 4 is 56.6 Å². The minimum atomic E-state index is -3.39. The molecular formula is C18H20Cl2N2O3S2. The van der Waals surface area contributed by atoms with Crippen molar-refractivity contribution in [3.05, 3.63) is 63.6 Å². The smallest absolute Gasteiger partial charge is 0.252 e. The Kier molecular flexibility index (Phi) is 7.85. The van der Waals surface area contributed by atoms with Crippen LogP contribution in [-0.2, 0) is 15.8 Å². The van der Waals surface area contributed by atoms with E-state index in [9.17, 15) is 13.2 Å². The number of rotatable bonds is 8. The number of hydrogen-bond donors (Lipinski definition) is 1. The van der Waals surface area contributed by atoms with Gasteiger partial charge in [0.15, 0.2) is 0 Å². The summed E-state index contributed by atoms with van der Waals surface area (Å²) in [4.78, 5) is 12.3. The molecule has 27 heavy (non-hydrogen) atoms. The summed E-state index contributed by atoms with van der Waals surface area (Å²) in [7, 11) is -1.96. The van der Waals surface area contributed by atoms with E-state index in [1.165, 1.54) is 19.2 Å². The van der Waals surface area contributed by atoms with E-state index in [0.717, 1.165) is 27.6 Å². The second-order valence-electron chi connectivity index (χ2n) is 5.83. The summed E-state index contributed by atoms with van der Waals surface area (Å²) >= 11 is 13.8. The first-order valence-electron chi connectivity index (χ1n) is 8.02. The number of hydrogen-bond acceptors (Lipinski definition) is 4. The van der Waals surface area contributed by atoms with Gasteiger partial charge in [-0.15, -0.1) is 0 Å². The van der Waals surface area contributed by atoms with Crippen LogP contribution in [0.4, 0.5) is 5.69 Å². The maximum atomic E-state index is 12.3. The van der Waals surface area contributed by atoms with Crippen LogP contribution in [0.1, 0.15) is 15.9 Å². The molecule has 0 radical (unpaired) electrons. The van der Waals surface area contributed by atoms with Crippen molar-refractivity contribution in [1.29, 1.82) is 0 Å². The Morgan fingerprint density at radius 1 is 1.19 bits per heavy atom. The number of amides is 1. The quantitative estimate of drug-likeness (QED) is 0.620. The Labute approximate surface area is 174 Å². The molecule has 0 saturated carbocycles. The molecule has 0 aromatic heterocycles. The summed E-state index contributed by atoms with van der Waals surface area (Å²) in [6.45, 7) is 0.491. The highest BCUT2D eigenvalue weighted by atomic mass is 35.5. The topological polar surface area (TPSA) is 66.5 Å². The molecule has 1 amide bonds. The fourth-order valence-corrected chi connectivity index (χ4v) is 4.00. The Hall–Kier alpha value is -1.41. The van der Waals surface area contributed by atoms with Crippen LogP contribution in [0.5, 0.6) is 0 Å². The molecule has 0 saturated heterocycles. The monoisotopic (exact) mass is 446 g/mol. The summed E-state index contributed by atoms with van der Waals surface area (Å²) in [5.74, 6) is 1.26. The second-order valence-corrected chi connectivity index (χ2v) is 9.80. The second kappa shape index (κ2) is 9.68. The fourth-order valence-electron chi connectivity index (χ4n) is 2.22. The van der Waals surface area contributed by atoms with Crippen LogP contribution in [0.2, 0.25) is 10.0 Å². The van der Waals surface area contributed by atoms with Crippen LogP contribution in [0.25, 0.3) is 0 Å².